The first kappa shape index (κ1) is 16.7. The van der Waals surface area contributed by atoms with Crippen molar-refractivity contribution < 1.29 is 4.79 Å². The molecule has 0 radical (unpaired) electrons. The number of aryl methyl sites for hydroxylation is 1. The van der Waals surface area contributed by atoms with Crippen LogP contribution >= 0.6 is 23.1 Å². The van der Waals surface area contributed by atoms with Gasteiger partial charge in [0.25, 0.3) is 0 Å². The zero-order valence-electron chi connectivity index (χ0n) is 13.6. The first-order chi connectivity index (χ1) is 11.2. The minimum absolute atomic E-state index is 0.117. The van der Waals surface area contributed by atoms with Crippen LogP contribution in [0.4, 0.5) is 0 Å². The van der Waals surface area contributed by atoms with Crippen molar-refractivity contribution in [1.82, 2.24) is 9.88 Å². The van der Waals surface area contributed by atoms with Gasteiger partial charge in [0.2, 0.25) is 0 Å². The zero-order chi connectivity index (χ0) is 16.2. The molecule has 5 heteroatoms. The lowest BCUT2D eigenvalue weighted by atomic mass is 9.90. The number of thioether (sulfide) groups is 1. The van der Waals surface area contributed by atoms with Crippen molar-refractivity contribution in [1.29, 1.82) is 0 Å². The van der Waals surface area contributed by atoms with Crippen molar-refractivity contribution in [2.24, 2.45) is 5.92 Å². The molecule has 0 amide bonds. The van der Waals surface area contributed by atoms with E-state index in [0.29, 0.717) is 5.78 Å². The van der Waals surface area contributed by atoms with E-state index in [2.05, 4.69) is 9.88 Å². The van der Waals surface area contributed by atoms with Gasteiger partial charge >= 0.3 is 0 Å². The van der Waals surface area contributed by atoms with Crippen LogP contribution in [0.25, 0.3) is 0 Å². The summed E-state index contributed by atoms with van der Waals surface area (Å²) in [4.78, 5) is 22.0. The van der Waals surface area contributed by atoms with Gasteiger partial charge in [0.15, 0.2) is 5.78 Å². The summed E-state index contributed by atoms with van der Waals surface area (Å²) in [6.07, 6.45) is 6.09. The molecule has 1 saturated heterocycles. The van der Waals surface area contributed by atoms with E-state index in [1.807, 2.05) is 43.6 Å². The maximum Gasteiger partial charge on any atom is 0.168 e. The van der Waals surface area contributed by atoms with Crippen molar-refractivity contribution in [3.8, 4) is 0 Å². The van der Waals surface area contributed by atoms with Gasteiger partial charge in [-0.2, -0.15) is 0 Å². The standard InChI is InChI=1S/C18H22N2OS2/c1-13-19-10-15(23-13)12-20-9-5-6-14(11-20)18(21)16-7-3-4-8-17(16)22-2/h3-4,7-8,10,14H,5-6,9,11-12H2,1-2H3. The molecule has 1 aromatic heterocycles. The molecule has 122 valence electrons. The Hall–Kier alpha value is -1.17. The van der Waals surface area contributed by atoms with Crippen LogP contribution in [0.2, 0.25) is 0 Å². The molecule has 3 nitrogen and oxygen atoms in total. The maximum absolute atomic E-state index is 12.9. The van der Waals surface area contributed by atoms with E-state index in [9.17, 15) is 4.79 Å². The average Bonchev–Trinajstić information content (AvgIpc) is 2.99. The van der Waals surface area contributed by atoms with Gasteiger partial charge in [-0.15, -0.1) is 23.1 Å². The van der Waals surface area contributed by atoms with Gasteiger partial charge in [0.05, 0.1) is 5.01 Å². The molecule has 1 atom stereocenters. The number of hydrogen-bond acceptors (Lipinski definition) is 5. The smallest absolute Gasteiger partial charge is 0.168 e. The van der Waals surface area contributed by atoms with E-state index in [-0.39, 0.29) is 5.92 Å². The van der Waals surface area contributed by atoms with Crippen LogP contribution in [0.1, 0.15) is 33.1 Å². The summed E-state index contributed by atoms with van der Waals surface area (Å²) in [5.74, 6) is 0.422. The van der Waals surface area contributed by atoms with Gasteiger partial charge in [-0.1, -0.05) is 18.2 Å². The van der Waals surface area contributed by atoms with Crippen LogP contribution in [-0.4, -0.2) is 35.0 Å². The van der Waals surface area contributed by atoms with Gasteiger partial charge in [0, 0.05) is 40.5 Å². The highest BCUT2D eigenvalue weighted by Gasteiger charge is 2.27. The highest BCUT2D eigenvalue weighted by molar-refractivity contribution is 7.98. The number of likely N-dealkylation sites (tertiary alicyclic amines) is 1. The van der Waals surface area contributed by atoms with Gasteiger partial charge in [-0.05, 0) is 38.6 Å². The van der Waals surface area contributed by atoms with Crippen LogP contribution in [0.5, 0.6) is 0 Å². The molecule has 0 spiro atoms. The Balaban J connectivity index is 1.69. The Kier molecular flexibility index (Phi) is 5.51. The van der Waals surface area contributed by atoms with Gasteiger partial charge < -0.3 is 0 Å². The second kappa shape index (κ2) is 7.60. The van der Waals surface area contributed by atoms with Crippen molar-refractivity contribution in [2.45, 2.75) is 31.2 Å². The molecular formula is C18H22N2OS2. The molecule has 0 N–H and O–H groups in total. The number of ketones is 1. The second-order valence-corrected chi connectivity index (χ2v) is 8.15. The van der Waals surface area contributed by atoms with Crippen molar-refractivity contribution >= 4 is 28.9 Å². The number of nitrogens with zero attached hydrogens (tertiary/aromatic N) is 2. The van der Waals surface area contributed by atoms with Crippen LogP contribution < -0.4 is 0 Å². The lowest BCUT2D eigenvalue weighted by molar-refractivity contribution is 0.0809. The number of hydrogen-bond donors (Lipinski definition) is 0. The number of benzene rings is 1. The predicted octanol–water partition coefficient (Wildman–Crippen LogP) is 4.27. The highest BCUT2D eigenvalue weighted by Crippen LogP contribution is 2.27. The number of rotatable bonds is 5. The molecule has 23 heavy (non-hydrogen) atoms. The van der Waals surface area contributed by atoms with Crippen LogP contribution in [0.15, 0.2) is 35.4 Å². The number of Topliss-reactive ketones (excluding diaryl/α,β-unsaturated/α-hetero) is 1. The molecule has 2 heterocycles. The van der Waals surface area contributed by atoms with Gasteiger partial charge in [0.1, 0.15) is 0 Å². The van der Waals surface area contributed by atoms with E-state index in [1.54, 1.807) is 23.1 Å². The molecule has 0 aliphatic carbocycles. The molecule has 0 bridgehead atoms. The topological polar surface area (TPSA) is 33.2 Å². The summed E-state index contributed by atoms with van der Waals surface area (Å²) in [6, 6.07) is 7.98. The van der Waals surface area contributed by atoms with Crippen LogP contribution in [0.3, 0.4) is 0 Å². The summed E-state index contributed by atoms with van der Waals surface area (Å²) in [5, 5.41) is 1.11. The molecule has 1 aromatic carbocycles. The Labute approximate surface area is 146 Å². The van der Waals surface area contributed by atoms with Crippen molar-refractivity contribution in [3.05, 3.63) is 45.9 Å². The molecule has 1 fully saturated rings. The number of thiazole rings is 1. The Morgan fingerprint density at radius 2 is 2.26 bits per heavy atom. The Bertz CT molecular complexity index is 683. The summed E-state index contributed by atoms with van der Waals surface area (Å²) >= 11 is 3.41. The first-order valence-electron chi connectivity index (χ1n) is 7.98. The number of aromatic nitrogens is 1. The number of carbonyl (C=O) groups is 1. The molecule has 0 saturated carbocycles. The van der Waals surface area contributed by atoms with Gasteiger partial charge in [-0.25, -0.2) is 4.98 Å². The fourth-order valence-corrected chi connectivity index (χ4v) is 4.62. The Morgan fingerprint density at radius 3 is 3.00 bits per heavy atom. The minimum Gasteiger partial charge on any atom is -0.297 e. The Morgan fingerprint density at radius 1 is 1.43 bits per heavy atom. The third kappa shape index (κ3) is 4.03. The largest absolute Gasteiger partial charge is 0.297 e. The average molecular weight is 347 g/mol. The summed E-state index contributed by atoms with van der Waals surface area (Å²) in [5.41, 5.74) is 0.889. The summed E-state index contributed by atoms with van der Waals surface area (Å²) in [7, 11) is 0. The fraction of sp³-hybridized carbons (Fsp3) is 0.444. The molecule has 1 unspecified atom stereocenters. The molecular weight excluding hydrogens is 324 g/mol. The zero-order valence-corrected chi connectivity index (χ0v) is 15.3. The lowest BCUT2D eigenvalue weighted by Gasteiger charge is -2.31. The monoisotopic (exact) mass is 346 g/mol. The number of piperidine rings is 1. The van der Waals surface area contributed by atoms with E-state index >= 15 is 0 Å². The summed E-state index contributed by atoms with van der Waals surface area (Å²) in [6.45, 7) is 4.89. The van der Waals surface area contributed by atoms with Gasteiger partial charge in [-0.3, -0.25) is 9.69 Å². The fourth-order valence-electron chi connectivity index (χ4n) is 3.18. The number of carbonyl (C=O) groups excluding carboxylic acids is 1. The normalized spacial score (nSPS) is 19.0. The van der Waals surface area contributed by atoms with Crippen molar-refractivity contribution in [2.75, 3.05) is 19.3 Å². The first-order valence-corrected chi connectivity index (χ1v) is 10.0. The van der Waals surface area contributed by atoms with Crippen LogP contribution in [0, 0.1) is 12.8 Å². The van der Waals surface area contributed by atoms with Crippen LogP contribution in [-0.2, 0) is 6.54 Å². The minimum atomic E-state index is 0.117. The lowest BCUT2D eigenvalue weighted by Crippen LogP contribution is -2.38. The third-order valence-electron chi connectivity index (χ3n) is 4.30. The highest BCUT2D eigenvalue weighted by atomic mass is 32.2. The van der Waals surface area contributed by atoms with E-state index < -0.39 is 0 Å². The van der Waals surface area contributed by atoms with E-state index in [0.717, 1.165) is 47.9 Å². The SMILES string of the molecule is CSc1ccccc1C(=O)C1CCCN(Cc2cnc(C)s2)C1. The molecule has 1 aliphatic heterocycles. The molecule has 3 rings (SSSR count). The molecule has 1 aliphatic rings. The third-order valence-corrected chi connectivity index (χ3v) is 5.99. The van der Waals surface area contributed by atoms with Crippen molar-refractivity contribution in [3.63, 3.8) is 0 Å². The van der Waals surface area contributed by atoms with E-state index in [4.69, 9.17) is 0 Å². The van der Waals surface area contributed by atoms with E-state index in [1.165, 1.54) is 4.88 Å². The maximum atomic E-state index is 12.9. The quantitative estimate of drug-likeness (QED) is 0.598. The second-order valence-electron chi connectivity index (χ2n) is 5.98. The predicted molar refractivity (Wildman–Crippen MR) is 97.4 cm³/mol. The molecule has 2 aromatic rings. The summed E-state index contributed by atoms with van der Waals surface area (Å²) < 4.78 is 0.